The van der Waals surface area contributed by atoms with E-state index in [2.05, 4.69) is 26.8 Å². The van der Waals surface area contributed by atoms with Gasteiger partial charge >= 0.3 is 0 Å². The summed E-state index contributed by atoms with van der Waals surface area (Å²) in [6.07, 6.45) is 2.62. The van der Waals surface area contributed by atoms with Crippen molar-refractivity contribution in [3.63, 3.8) is 0 Å². The molecule has 2 rings (SSSR count). The first kappa shape index (κ1) is 12.4. The molecule has 1 saturated carbocycles. The molecule has 0 aliphatic heterocycles. The van der Waals surface area contributed by atoms with Crippen LogP contribution >= 0.6 is 0 Å². The third kappa shape index (κ3) is 2.06. The summed E-state index contributed by atoms with van der Waals surface area (Å²) in [5.74, 6) is 0.978. The molecule has 3 unspecified atom stereocenters. The number of hydrogen-bond acceptors (Lipinski definition) is 2. The first-order chi connectivity index (χ1) is 8.11. The molecular formula is C15H22O2. The number of aliphatic hydroxyl groups excluding tert-OH is 1. The van der Waals surface area contributed by atoms with Crippen molar-refractivity contribution in [2.75, 3.05) is 0 Å². The van der Waals surface area contributed by atoms with E-state index in [1.807, 2.05) is 18.2 Å². The van der Waals surface area contributed by atoms with Crippen LogP contribution in [0.15, 0.2) is 24.3 Å². The quantitative estimate of drug-likeness (QED) is 0.867. The second-order valence-corrected chi connectivity index (χ2v) is 5.18. The summed E-state index contributed by atoms with van der Waals surface area (Å²) in [6.45, 7) is 6.36. The van der Waals surface area contributed by atoms with E-state index >= 15 is 0 Å². The van der Waals surface area contributed by atoms with E-state index in [1.165, 1.54) is 5.56 Å². The number of rotatable bonds is 4. The Morgan fingerprint density at radius 1 is 1.35 bits per heavy atom. The van der Waals surface area contributed by atoms with Crippen LogP contribution in [-0.4, -0.2) is 17.3 Å². The normalized spacial score (nSPS) is 32.0. The highest BCUT2D eigenvalue weighted by atomic mass is 16.5. The molecule has 1 aliphatic rings. The largest absolute Gasteiger partial charge is 0.489 e. The Balaban J connectivity index is 2.12. The molecule has 0 saturated heterocycles. The van der Waals surface area contributed by atoms with Gasteiger partial charge < -0.3 is 9.84 Å². The number of para-hydroxylation sites is 1. The third-order valence-electron chi connectivity index (χ3n) is 4.32. The SMILES string of the molecule is CCc1ccccc1OC1CC(O)C1(C)CC. The van der Waals surface area contributed by atoms with Crippen molar-refractivity contribution in [1.29, 1.82) is 0 Å². The van der Waals surface area contributed by atoms with E-state index in [9.17, 15) is 5.11 Å². The van der Waals surface area contributed by atoms with Crippen molar-refractivity contribution in [1.82, 2.24) is 0 Å². The van der Waals surface area contributed by atoms with Crippen molar-refractivity contribution in [3.8, 4) is 5.75 Å². The average molecular weight is 234 g/mol. The van der Waals surface area contributed by atoms with Gasteiger partial charge in [-0.05, 0) is 24.5 Å². The zero-order valence-electron chi connectivity index (χ0n) is 10.9. The molecule has 2 nitrogen and oxygen atoms in total. The number of hydrogen-bond donors (Lipinski definition) is 1. The van der Waals surface area contributed by atoms with Crippen molar-refractivity contribution < 1.29 is 9.84 Å². The summed E-state index contributed by atoms with van der Waals surface area (Å²) < 4.78 is 6.09. The van der Waals surface area contributed by atoms with Gasteiger partial charge in [0.15, 0.2) is 0 Å². The Labute approximate surface area is 104 Å². The molecule has 0 bridgehead atoms. The first-order valence-corrected chi connectivity index (χ1v) is 6.54. The van der Waals surface area contributed by atoms with Gasteiger partial charge in [0.25, 0.3) is 0 Å². The summed E-state index contributed by atoms with van der Waals surface area (Å²) in [5.41, 5.74) is 1.16. The van der Waals surface area contributed by atoms with Crippen LogP contribution in [-0.2, 0) is 6.42 Å². The molecule has 0 amide bonds. The predicted molar refractivity (Wildman–Crippen MR) is 69.3 cm³/mol. The van der Waals surface area contributed by atoms with Gasteiger partial charge in [0.05, 0.1) is 6.10 Å². The summed E-state index contributed by atoms with van der Waals surface area (Å²) in [4.78, 5) is 0. The maximum atomic E-state index is 9.86. The zero-order chi connectivity index (χ0) is 12.5. The molecule has 1 aromatic carbocycles. The molecule has 1 aliphatic carbocycles. The minimum atomic E-state index is -0.216. The second-order valence-electron chi connectivity index (χ2n) is 5.18. The van der Waals surface area contributed by atoms with Crippen LogP contribution in [0.3, 0.4) is 0 Å². The monoisotopic (exact) mass is 234 g/mol. The van der Waals surface area contributed by atoms with Gasteiger partial charge in [-0.3, -0.25) is 0 Å². The van der Waals surface area contributed by atoms with Crippen LogP contribution in [0.1, 0.15) is 39.2 Å². The van der Waals surface area contributed by atoms with E-state index in [1.54, 1.807) is 0 Å². The van der Waals surface area contributed by atoms with Gasteiger partial charge in [0, 0.05) is 11.8 Å². The van der Waals surface area contributed by atoms with E-state index in [4.69, 9.17) is 4.74 Å². The van der Waals surface area contributed by atoms with Gasteiger partial charge in [-0.2, -0.15) is 0 Å². The molecule has 2 heteroatoms. The van der Waals surface area contributed by atoms with Crippen LogP contribution in [0.2, 0.25) is 0 Å². The summed E-state index contributed by atoms with van der Waals surface area (Å²) in [7, 11) is 0. The average Bonchev–Trinajstić information content (AvgIpc) is 2.37. The van der Waals surface area contributed by atoms with Crippen LogP contribution in [0, 0.1) is 5.41 Å². The van der Waals surface area contributed by atoms with Gasteiger partial charge in [0.1, 0.15) is 11.9 Å². The van der Waals surface area contributed by atoms with Crippen molar-refractivity contribution in [3.05, 3.63) is 29.8 Å². The molecule has 1 N–H and O–H groups in total. The molecule has 1 fully saturated rings. The first-order valence-electron chi connectivity index (χ1n) is 6.54. The van der Waals surface area contributed by atoms with E-state index in [0.29, 0.717) is 0 Å². The Kier molecular flexibility index (Phi) is 3.43. The molecule has 94 valence electrons. The number of aliphatic hydroxyl groups is 1. The lowest BCUT2D eigenvalue weighted by atomic mass is 9.63. The molecule has 0 aromatic heterocycles. The van der Waals surface area contributed by atoms with E-state index in [-0.39, 0.29) is 17.6 Å². The van der Waals surface area contributed by atoms with Crippen LogP contribution in [0.25, 0.3) is 0 Å². The highest BCUT2D eigenvalue weighted by Crippen LogP contribution is 2.46. The predicted octanol–water partition coefficient (Wildman–Crippen LogP) is 3.18. The second kappa shape index (κ2) is 4.69. The fourth-order valence-corrected chi connectivity index (χ4v) is 2.51. The van der Waals surface area contributed by atoms with Gasteiger partial charge in [-0.1, -0.05) is 39.0 Å². The smallest absolute Gasteiger partial charge is 0.122 e. The minimum absolute atomic E-state index is 0.0825. The molecule has 0 spiro atoms. The summed E-state index contributed by atoms with van der Waals surface area (Å²) in [5, 5.41) is 9.86. The number of aryl methyl sites for hydroxylation is 1. The van der Waals surface area contributed by atoms with E-state index in [0.717, 1.165) is 25.0 Å². The summed E-state index contributed by atoms with van der Waals surface area (Å²) >= 11 is 0. The Bertz CT molecular complexity index is 388. The lowest BCUT2D eigenvalue weighted by molar-refractivity contribution is -0.147. The lowest BCUT2D eigenvalue weighted by Gasteiger charge is -2.50. The Morgan fingerprint density at radius 3 is 2.65 bits per heavy atom. The molecule has 0 heterocycles. The van der Waals surface area contributed by atoms with Crippen molar-refractivity contribution >= 4 is 0 Å². The van der Waals surface area contributed by atoms with E-state index < -0.39 is 0 Å². The van der Waals surface area contributed by atoms with Crippen molar-refractivity contribution in [2.24, 2.45) is 5.41 Å². The van der Waals surface area contributed by atoms with Crippen LogP contribution < -0.4 is 4.74 Å². The fourth-order valence-electron chi connectivity index (χ4n) is 2.51. The highest BCUT2D eigenvalue weighted by Gasteiger charge is 2.51. The molecule has 3 atom stereocenters. The van der Waals surface area contributed by atoms with Gasteiger partial charge in [0.2, 0.25) is 0 Å². The molecule has 17 heavy (non-hydrogen) atoms. The number of benzene rings is 1. The maximum Gasteiger partial charge on any atom is 0.122 e. The third-order valence-corrected chi connectivity index (χ3v) is 4.32. The lowest BCUT2D eigenvalue weighted by Crippen LogP contribution is -2.57. The highest BCUT2D eigenvalue weighted by molar-refractivity contribution is 5.33. The standard InChI is InChI=1S/C15H22O2/c1-4-11-8-6-7-9-12(11)17-14-10-13(16)15(14,3)5-2/h6-9,13-14,16H,4-5,10H2,1-3H3. The van der Waals surface area contributed by atoms with Crippen LogP contribution in [0.5, 0.6) is 5.75 Å². The molecule has 0 radical (unpaired) electrons. The maximum absolute atomic E-state index is 9.86. The van der Waals surface area contributed by atoms with Gasteiger partial charge in [-0.15, -0.1) is 0 Å². The Hall–Kier alpha value is -1.02. The zero-order valence-corrected chi connectivity index (χ0v) is 10.9. The fraction of sp³-hybridized carbons (Fsp3) is 0.600. The minimum Gasteiger partial charge on any atom is -0.489 e. The van der Waals surface area contributed by atoms with Gasteiger partial charge in [-0.25, -0.2) is 0 Å². The van der Waals surface area contributed by atoms with Crippen LogP contribution in [0.4, 0.5) is 0 Å². The Morgan fingerprint density at radius 2 is 2.06 bits per heavy atom. The van der Waals surface area contributed by atoms with Crippen molar-refractivity contribution in [2.45, 2.75) is 52.2 Å². The molecule has 1 aromatic rings. The summed E-state index contributed by atoms with van der Waals surface area (Å²) in [6, 6.07) is 8.18. The number of ether oxygens (including phenoxy) is 1. The topological polar surface area (TPSA) is 29.5 Å². The molecular weight excluding hydrogens is 212 g/mol.